The second-order valence-electron chi connectivity index (χ2n) is 5.77. The van der Waals surface area contributed by atoms with Crippen LogP contribution in [0.5, 0.6) is 0 Å². The Balaban J connectivity index is 2.34. The maximum Gasteiger partial charge on any atom is 0.313 e. The van der Waals surface area contributed by atoms with Gasteiger partial charge in [0.1, 0.15) is 10.7 Å². The van der Waals surface area contributed by atoms with E-state index in [0.29, 0.717) is 11.6 Å². The van der Waals surface area contributed by atoms with Gasteiger partial charge in [-0.3, -0.25) is 0 Å². The molecule has 2 aromatic carbocycles. The predicted molar refractivity (Wildman–Crippen MR) is 86.5 cm³/mol. The van der Waals surface area contributed by atoms with E-state index in [-0.39, 0.29) is 11.6 Å². The van der Waals surface area contributed by atoms with E-state index in [0.717, 1.165) is 37.3 Å². The largest absolute Gasteiger partial charge is 0.313 e. The summed E-state index contributed by atoms with van der Waals surface area (Å²) in [5.74, 6) is -1.96. The van der Waals surface area contributed by atoms with E-state index in [1.807, 2.05) is 0 Å². The topological polar surface area (TPSA) is 0 Å². The van der Waals surface area contributed by atoms with Crippen LogP contribution in [0.4, 0.5) is 23.8 Å². The van der Waals surface area contributed by atoms with Crippen molar-refractivity contribution in [3.63, 3.8) is 0 Å². The van der Waals surface area contributed by atoms with Gasteiger partial charge in [-0.2, -0.15) is 0 Å². The molecule has 24 heavy (non-hydrogen) atoms. The third kappa shape index (κ3) is 4.69. The van der Waals surface area contributed by atoms with Gasteiger partial charge < -0.3 is 0 Å². The zero-order valence-electron chi connectivity index (χ0n) is 13.0. The highest BCUT2D eigenvalue weighted by molar-refractivity contribution is 8.45. The van der Waals surface area contributed by atoms with E-state index in [1.54, 1.807) is 24.3 Å². The summed E-state index contributed by atoms with van der Waals surface area (Å²) in [5, 5.41) is 0. The van der Waals surface area contributed by atoms with Crippen molar-refractivity contribution < 1.29 is 23.8 Å². The average Bonchev–Trinajstić information content (AvgIpc) is 2.46. The van der Waals surface area contributed by atoms with Crippen molar-refractivity contribution in [2.24, 2.45) is 0 Å². The first-order valence-corrected chi connectivity index (χ1v) is 9.49. The van der Waals surface area contributed by atoms with Crippen LogP contribution in [0.25, 0.3) is 11.1 Å². The minimum atomic E-state index is -10.1. The Morgan fingerprint density at radius 1 is 0.792 bits per heavy atom. The van der Waals surface area contributed by atoms with Crippen LogP contribution in [0, 0.1) is 5.82 Å². The molecule has 0 fully saturated rings. The van der Waals surface area contributed by atoms with Crippen LogP contribution >= 0.6 is 10.2 Å². The Morgan fingerprint density at radius 2 is 1.38 bits per heavy atom. The molecule has 0 aliphatic heterocycles. The summed E-state index contributed by atoms with van der Waals surface area (Å²) in [5.41, 5.74) is 1.25. The fourth-order valence-corrected chi connectivity index (χ4v) is 3.21. The first-order chi connectivity index (χ1) is 10.9. The SMILES string of the molecule is CCCCCc1ccc(-c2ccc(F)c(S(F)(F)(F)(F)F)c2)cc1. The van der Waals surface area contributed by atoms with Crippen molar-refractivity contribution in [1.82, 2.24) is 0 Å². The summed E-state index contributed by atoms with van der Waals surface area (Å²) in [4.78, 5) is -2.47. The fourth-order valence-electron chi connectivity index (χ4n) is 2.42. The van der Waals surface area contributed by atoms with E-state index < -0.39 is 20.9 Å². The summed E-state index contributed by atoms with van der Waals surface area (Å²) in [6.07, 6.45) is 3.99. The summed E-state index contributed by atoms with van der Waals surface area (Å²) in [7, 11) is -10.1. The smallest absolute Gasteiger partial charge is 0.205 e. The molecule has 0 radical (unpaired) electrons. The lowest BCUT2D eigenvalue weighted by Crippen LogP contribution is -2.08. The Morgan fingerprint density at radius 3 is 1.92 bits per heavy atom. The van der Waals surface area contributed by atoms with Crippen molar-refractivity contribution in [2.45, 2.75) is 37.5 Å². The van der Waals surface area contributed by atoms with Crippen molar-refractivity contribution in [3.05, 3.63) is 53.8 Å². The fraction of sp³-hybridized carbons (Fsp3) is 0.294. The summed E-state index contributed by atoms with van der Waals surface area (Å²) in [6.45, 7) is 2.08. The monoisotopic (exact) mass is 368 g/mol. The quantitative estimate of drug-likeness (QED) is 0.359. The van der Waals surface area contributed by atoms with E-state index >= 15 is 0 Å². The van der Waals surface area contributed by atoms with Crippen LogP contribution < -0.4 is 0 Å². The van der Waals surface area contributed by atoms with Gasteiger partial charge in [-0.05, 0) is 41.7 Å². The lowest BCUT2D eigenvalue weighted by Gasteiger charge is -2.40. The molecule has 0 atom stereocenters. The highest BCUT2D eigenvalue weighted by Crippen LogP contribution is 3.02. The van der Waals surface area contributed by atoms with E-state index in [4.69, 9.17) is 0 Å². The Kier molecular flexibility index (Phi) is 4.46. The van der Waals surface area contributed by atoms with Gasteiger partial charge in [0.15, 0.2) is 0 Å². The second kappa shape index (κ2) is 5.72. The molecule has 0 bridgehead atoms. The predicted octanol–water partition coefficient (Wildman–Crippen LogP) is 7.88. The first kappa shape index (κ1) is 18.7. The molecule has 0 saturated carbocycles. The van der Waals surface area contributed by atoms with E-state index in [1.165, 1.54) is 0 Å². The Labute approximate surface area is 137 Å². The summed E-state index contributed by atoms with van der Waals surface area (Å²) in [6, 6.07) is 8.28. The van der Waals surface area contributed by atoms with Gasteiger partial charge in [0.25, 0.3) is 0 Å². The third-order valence-electron chi connectivity index (χ3n) is 3.70. The van der Waals surface area contributed by atoms with Crippen LogP contribution in [0.1, 0.15) is 31.7 Å². The third-order valence-corrected chi connectivity index (χ3v) is 4.85. The van der Waals surface area contributed by atoms with Crippen LogP contribution in [-0.2, 0) is 6.42 Å². The molecule has 0 aromatic heterocycles. The van der Waals surface area contributed by atoms with Gasteiger partial charge in [0.2, 0.25) is 0 Å². The molecule has 2 rings (SSSR count). The lowest BCUT2D eigenvalue weighted by molar-refractivity contribution is 0.355. The molecule has 0 N–H and O–H groups in total. The van der Waals surface area contributed by atoms with Gasteiger partial charge in [-0.1, -0.05) is 69.5 Å². The van der Waals surface area contributed by atoms with Crippen LogP contribution in [-0.4, -0.2) is 0 Å². The molecule has 0 nitrogen and oxygen atoms in total. The van der Waals surface area contributed by atoms with Gasteiger partial charge in [0, 0.05) is 0 Å². The molecule has 0 heterocycles. The molecular weight excluding hydrogens is 350 g/mol. The van der Waals surface area contributed by atoms with E-state index in [2.05, 4.69) is 6.92 Å². The molecule has 2 aromatic rings. The van der Waals surface area contributed by atoms with Gasteiger partial charge in [-0.25, -0.2) is 4.39 Å². The maximum atomic E-state index is 13.3. The Hall–Kier alpha value is -1.63. The number of halogens is 6. The maximum absolute atomic E-state index is 13.3. The average molecular weight is 368 g/mol. The second-order valence-corrected chi connectivity index (χ2v) is 8.15. The van der Waals surface area contributed by atoms with E-state index in [9.17, 15) is 23.8 Å². The highest BCUT2D eigenvalue weighted by Gasteiger charge is 2.67. The molecule has 0 unspecified atom stereocenters. The van der Waals surface area contributed by atoms with Crippen LogP contribution in [0.2, 0.25) is 0 Å². The normalized spacial score (nSPS) is 15.0. The van der Waals surface area contributed by atoms with Crippen molar-refractivity contribution in [3.8, 4) is 11.1 Å². The van der Waals surface area contributed by atoms with Gasteiger partial charge >= 0.3 is 10.2 Å². The number of hydrogen-bond donors (Lipinski definition) is 0. The molecule has 0 aliphatic rings. The number of benzene rings is 2. The van der Waals surface area contributed by atoms with Gasteiger partial charge in [-0.15, -0.1) is 0 Å². The van der Waals surface area contributed by atoms with Crippen molar-refractivity contribution >= 4 is 10.2 Å². The molecule has 134 valence electrons. The zero-order chi connectivity index (χ0) is 18.1. The number of aryl methyl sites for hydroxylation is 1. The minimum absolute atomic E-state index is 0.0974. The molecule has 0 aliphatic carbocycles. The number of hydrogen-bond acceptors (Lipinski definition) is 0. The molecular formula is C17H18F6S. The minimum Gasteiger partial charge on any atom is -0.205 e. The highest BCUT2D eigenvalue weighted by atomic mass is 32.5. The first-order valence-electron chi connectivity index (χ1n) is 7.53. The summed E-state index contributed by atoms with van der Waals surface area (Å²) >= 11 is 0. The molecule has 0 spiro atoms. The van der Waals surface area contributed by atoms with Crippen LogP contribution in [0.15, 0.2) is 47.4 Å². The number of unbranched alkanes of at least 4 members (excludes halogenated alkanes) is 2. The molecule has 0 saturated heterocycles. The van der Waals surface area contributed by atoms with Crippen LogP contribution in [0.3, 0.4) is 0 Å². The molecule has 7 heteroatoms. The standard InChI is InChI=1S/C17H18F6S/c1-2-3-4-5-13-6-8-14(9-7-13)15-10-11-16(18)17(12-15)24(19,20,21,22)23/h6-12H,2-5H2,1H3. The lowest BCUT2D eigenvalue weighted by atomic mass is 10.0. The van der Waals surface area contributed by atoms with Gasteiger partial charge in [0.05, 0.1) is 0 Å². The van der Waals surface area contributed by atoms with Crippen molar-refractivity contribution in [2.75, 3.05) is 0 Å². The molecule has 0 amide bonds. The summed E-state index contributed by atoms with van der Waals surface area (Å²) < 4.78 is 77.8. The van der Waals surface area contributed by atoms with Crippen molar-refractivity contribution in [1.29, 1.82) is 0 Å². The Bertz CT molecular complexity index is 719. The zero-order valence-corrected chi connectivity index (χ0v) is 13.9. The number of rotatable bonds is 6.